The SMILES string of the molecule is CCCCCCCCCCNC(=O)CCC(=O)c1ccc2c(c1)CCCC2. The van der Waals surface area contributed by atoms with Gasteiger partial charge in [0.25, 0.3) is 0 Å². The molecule has 1 aromatic carbocycles. The van der Waals surface area contributed by atoms with E-state index in [9.17, 15) is 9.59 Å². The van der Waals surface area contributed by atoms with Crippen molar-refractivity contribution in [2.75, 3.05) is 6.54 Å². The summed E-state index contributed by atoms with van der Waals surface area (Å²) in [4.78, 5) is 24.3. The molecule has 1 aliphatic rings. The summed E-state index contributed by atoms with van der Waals surface area (Å²) >= 11 is 0. The Morgan fingerprint density at radius 2 is 1.52 bits per heavy atom. The molecule has 1 amide bonds. The summed E-state index contributed by atoms with van der Waals surface area (Å²) < 4.78 is 0. The molecule has 0 aliphatic heterocycles. The molecule has 0 radical (unpaired) electrons. The van der Waals surface area contributed by atoms with Crippen LogP contribution in [0.2, 0.25) is 0 Å². The Morgan fingerprint density at radius 3 is 2.26 bits per heavy atom. The molecule has 0 saturated heterocycles. The van der Waals surface area contributed by atoms with Crippen molar-refractivity contribution in [3.05, 3.63) is 34.9 Å². The Hall–Kier alpha value is -1.64. The van der Waals surface area contributed by atoms with Crippen LogP contribution in [0.15, 0.2) is 18.2 Å². The standard InChI is InChI=1S/C24H37NO2/c1-2-3-4-5-6-7-8-11-18-25-24(27)17-16-23(26)22-15-14-20-12-9-10-13-21(20)19-22/h14-15,19H,2-13,16-18H2,1H3,(H,25,27). The largest absolute Gasteiger partial charge is 0.356 e. The fourth-order valence-corrected chi connectivity index (χ4v) is 3.85. The number of aryl methyl sites for hydroxylation is 2. The zero-order chi connectivity index (χ0) is 19.3. The molecule has 2 rings (SSSR count). The van der Waals surface area contributed by atoms with E-state index in [4.69, 9.17) is 0 Å². The van der Waals surface area contributed by atoms with E-state index in [1.807, 2.05) is 6.07 Å². The number of ketones is 1. The van der Waals surface area contributed by atoms with Crippen LogP contribution in [0.25, 0.3) is 0 Å². The Bertz CT molecular complexity index is 594. The van der Waals surface area contributed by atoms with Gasteiger partial charge in [0.15, 0.2) is 5.78 Å². The fourth-order valence-electron chi connectivity index (χ4n) is 3.85. The quantitative estimate of drug-likeness (QED) is 0.352. The molecular formula is C24H37NO2. The van der Waals surface area contributed by atoms with Gasteiger partial charge in [-0.15, -0.1) is 0 Å². The lowest BCUT2D eigenvalue weighted by Gasteiger charge is -2.16. The van der Waals surface area contributed by atoms with Gasteiger partial charge in [-0.2, -0.15) is 0 Å². The lowest BCUT2D eigenvalue weighted by molar-refractivity contribution is -0.121. The molecule has 1 aromatic rings. The van der Waals surface area contributed by atoms with E-state index in [0.717, 1.165) is 31.4 Å². The summed E-state index contributed by atoms with van der Waals surface area (Å²) in [5.74, 6) is 0.0925. The number of hydrogen-bond acceptors (Lipinski definition) is 2. The number of hydrogen-bond donors (Lipinski definition) is 1. The maximum atomic E-state index is 12.4. The molecule has 0 fully saturated rings. The number of fused-ring (bicyclic) bond motifs is 1. The third-order valence-corrected chi connectivity index (χ3v) is 5.60. The Labute approximate surface area is 165 Å². The van der Waals surface area contributed by atoms with Gasteiger partial charge in [-0.1, -0.05) is 64.0 Å². The average molecular weight is 372 g/mol. The lowest BCUT2D eigenvalue weighted by Crippen LogP contribution is -2.24. The van der Waals surface area contributed by atoms with Crippen LogP contribution in [0.1, 0.15) is 105 Å². The minimum atomic E-state index is 0.00394. The van der Waals surface area contributed by atoms with Crippen molar-refractivity contribution in [2.45, 2.75) is 96.8 Å². The zero-order valence-corrected chi connectivity index (χ0v) is 17.2. The summed E-state index contributed by atoms with van der Waals surface area (Å²) in [6.45, 7) is 2.98. The van der Waals surface area contributed by atoms with E-state index in [-0.39, 0.29) is 11.7 Å². The number of Topliss-reactive ketones (excluding diaryl/α,β-unsaturated/α-hetero) is 1. The molecule has 1 aliphatic carbocycles. The predicted molar refractivity (Wildman–Crippen MR) is 112 cm³/mol. The van der Waals surface area contributed by atoms with Crippen LogP contribution in [-0.2, 0) is 17.6 Å². The third-order valence-electron chi connectivity index (χ3n) is 5.60. The highest BCUT2D eigenvalue weighted by atomic mass is 16.2. The number of amides is 1. The number of carbonyl (C=O) groups is 2. The summed E-state index contributed by atoms with van der Waals surface area (Å²) in [6, 6.07) is 6.09. The molecule has 0 unspecified atom stereocenters. The first-order valence-electron chi connectivity index (χ1n) is 11.1. The minimum absolute atomic E-state index is 0.00394. The number of benzene rings is 1. The summed E-state index contributed by atoms with van der Waals surface area (Å²) in [7, 11) is 0. The molecule has 0 spiro atoms. The van der Waals surface area contributed by atoms with Crippen LogP contribution in [0, 0.1) is 0 Å². The second-order valence-electron chi connectivity index (χ2n) is 7.94. The van der Waals surface area contributed by atoms with Gasteiger partial charge in [0.05, 0.1) is 0 Å². The maximum Gasteiger partial charge on any atom is 0.220 e. The van der Waals surface area contributed by atoms with Crippen LogP contribution in [-0.4, -0.2) is 18.2 Å². The van der Waals surface area contributed by atoms with Crippen LogP contribution >= 0.6 is 0 Å². The summed E-state index contributed by atoms with van der Waals surface area (Å²) in [6.07, 6.45) is 15.4. The highest BCUT2D eigenvalue weighted by Gasteiger charge is 2.14. The number of nitrogens with one attached hydrogen (secondary N) is 1. The zero-order valence-electron chi connectivity index (χ0n) is 17.2. The highest BCUT2D eigenvalue weighted by Crippen LogP contribution is 2.23. The summed E-state index contributed by atoms with van der Waals surface area (Å²) in [5, 5.41) is 2.96. The molecule has 3 nitrogen and oxygen atoms in total. The van der Waals surface area contributed by atoms with E-state index < -0.39 is 0 Å². The van der Waals surface area contributed by atoms with Crippen LogP contribution in [0.3, 0.4) is 0 Å². The molecule has 0 saturated carbocycles. The average Bonchev–Trinajstić information content (AvgIpc) is 2.70. The van der Waals surface area contributed by atoms with Gasteiger partial charge in [0, 0.05) is 24.9 Å². The lowest BCUT2D eigenvalue weighted by atomic mass is 9.89. The predicted octanol–water partition coefficient (Wildman–Crippen LogP) is 5.79. The molecule has 0 aromatic heterocycles. The normalized spacial score (nSPS) is 13.2. The monoisotopic (exact) mass is 371 g/mol. The Balaban J connectivity index is 1.55. The number of unbranched alkanes of at least 4 members (excludes halogenated alkanes) is 7. The first kappa shape index (κ1) is 21.7. The van der Waals surface area contributed by atoms with Gasteiger partial charge >= 0.3 is 0 Å². The van der Waals surface area contributed by atoms with E-state index in [1.165, 1.54) is 68.9 Å². The Kier molecular flexibility index (Phi) is 10.2. The maximum absolute atomic E-state index is 12.4. The summed E-state index contributed by atoms with van der Waals surface area (Å²) in [5.41, 5.74) is 3.48. The van der Waals surface area contributed by atoms with Gasteiger partial charge in [-0.05, 0) is 49.3 Å². The fraction of sp³-hybridized carbons (Fsp3) is 0.667. The molecule has 150 valence electrons. The Morgan fingerprint density at radius 1 is 0.852 bits per heavy atom. The highest BCUT2D eigenvalue weighted by molar-refractivity contribution is 5.98. The number of rotatable bonds is 13. The first-order valence-corrected chi connectivity index (χ1v) is 11.1. The van der Waals surface area contributed by atoms with E-state index in [0.29, 0.717) is 12.8 Å². The molecule has 0 bridgehead atoms. The van der Waals surface area contributed by atoms with Crippen LogP contribution in [0.5, 0.6) is 0 Å². The molecule has 0 heterocycles. The molecule has 0 atom stereocenters. The van der Waals surface area contributed by atoms with Crippen LogP contribution < -0.4 is 5.32 Å². The molecule has 3 heteroatoms. The second-order valence-corrected chi connectivity index (χ2v) is 7.94. The van der Waals surface area contributed by atoms with E-state index in [2.05, 4.69) is 24.4 Å². The van der Waals surface area contributed by atoms with E-state index in [1.54, 1.807) is 0 Å². The van der Waals surface area contributed by atoms with Crippen molar-refractivity contribution >= 4 is 11.7 Å². The third kappa shape index (κ3) is 8.28. The van der Waals surface area contributed by atoms with Gasteiger partial charge in [-0.25, -0.2) is 0 Å². The van der Waals surface area contributed by atoms with Gasteiger partial charge in [0.2, 0.25) is 5.91 Å². The number of carbonyl (C=O) groups excluding carboxylic acids is 2. The van der Waals surface area contributed by atoms with Gasteiger partial charge in [-0.3, -0.25) is 9.59 Å². The van der Waals surface area contributed by atoms with Crippen molar-refractivity contribution in [2.24, 2.45) is 0 Å². The van der Waals surface area contributed by atoms with E-state index >= 15 is 0 Å². The molecule has 27 heavy (non-hydrogen) atoms. The van der Waals surface area contributed by atoms with Crippen molar-refractivity contribution in [1.29, 1.82) is 0 Å². The van der Waals surface area contributed by atoms with Gasteiger partial charge < -0.3 is 5.32 Å². The first-order chi connectivity index (χ1) is 13.2. The minimum Gasteiger partial charge on any atom is -0.356 e. The van der Waals surface area contributed by atoms with Crippen molar-refractivity contribution < 1.29 is 9.59 Å². The smallest absolute Gasteiger partial charge is 0.220 e. The van der Waals surface area contributed by atoms with Crippen LogP contribution in [0.4, 0.5) is 0 Å². The molecule has 1 N–H and O–H groups in total. The van der Waals surface area contributed by atoms with Crippen molar-refractivity contribution in [3.63, 3.8) is 0 Å². The molecular weight excluding hydrogens is 334 g/mol. The topological polar surface area (TPSA) is 46.2 Å². The van der Waals surface area contributed by atoms with Gasteiger partial charge in [0.1, 0.15) is 0 Å². The second kappa shape index (κ2) is 12.7. The van der Waals surface area contributed by atoms with Crippen molar-refractivity contribution in [1.82, 2.24) is 5.32 Å². The van der Waals surface area contributed by atoms with Crippen molar-refractivity contribution in [3.8, 4) is 0 Å².